The Labute approximate surface area is 100 Å². The van der Waals surface area contributed by atoms with Gasteiger partial charge in [-0.3, -0.25) is 4.79 Å². The summed E-state index contributed by atoms with van der Waals surface area (Å²) in [6, 6.07) is 1.89. The summed E-state index contributed by atoms with van der Waals surface area (Å²) in [6.07, 6.45) is 2.83. The molecule has 2 atom stereocenters. The average Bonchev–Trinajstić information content (AvgIpc) is 2.87. The van der Waals surface area contributed by atoms with Gasteiger partial charge in [0.1, 0.15) is 5.76 Å². The van der Waals surface area contributed by atoms with E-state index >= 15 is 0 Å². The average molecular weight is 238 g/mol. The quantitative estimate of drug-likeness (QED) is 0.814. The van der Waals surface area contributed by atoms with Gasteiger partial charge in [0.05, 0.1) is 11.6 Å². The van der Waals surface area contributed by atoms with Crippen LogP contribution in [0.3, 0.4) is 0 Å². The molecule has 1 aliphatic carbocycles. The number of aryl methyl sites for hydroxylation is 1. The molecule has 0 saturated heterocycles. The maximum absolute atomic E-state index is 11.0. The van der Waals surface area contributed by atoms with E-state index in [1.807, 2.05) is 13.0 Å². The summed E-state index contributed by atoms with van der Waals surface area (Å²) in [7, 11) is 0. The lowest BCUT2D eigenvalue weighted by atomic mass is 9.96. The molecule has 17 heavy (non-hydrogen) atoms. The van der Waals surface area contributed by atoms with Crippen molar-refractivity contribution in [3.05, 3.63) is 17.5 Å². The lowest BCUT2D eigenvalue weighted by molar-refractivity contribution is -0.142. The number of rotatable bonds is 5. The third kappa shape index (κ3) is 3.06. The topological polar surface area (TPSA) is 75.4 Å². The largest absolute Gasteiger partial charge is 0.481 e. The lowest BCUT2D eigenvalue weighted by Crippen LogP contribution is -2.28. The van der Waals surface area contributed by atoms with Crippen LogP contribution in [0, 0.1) is 18.8 Å². The van der Waals surface area contributed by atoms with Gasteiger partial charge in [0.15, 0.2) is 0 Å². The molecule has 0 amide bonds. The van der Waals surface area contributed by atoms with Crippen LogP contribution in [-0.4, -0.2) is 22.8 Å². The van der Waals surface area contributed by atoms with Gasteiger partial charge in [-0.05, 0) is 32.2 Å². The molecule has 1 heterocycles. The maximum Gasteiger partial charge on any atom is 0.306 e. The van der Waals surface area contributed by atoms with Gasteiger partial charge in [-0.2, -0.15) is 0 Å². The van der Waals surface area contributed by atoms with Crippen molar-refractivity contribution >= 4 is 5.97 Å². The Balaban J connectivity index is 1.76. The molecule has 0 spiro atoms. The van der Waals surface area contributed by atoms with Crippen LogP contribution >= 0.6 is 0 Å². The number of carboxylic acids is 1. The fourth-order valence-electron chi connectivity index (χ4n) is 2.49. The summed E-state index contributed by atoms with van der Waals surface area (Å²) >= 11 is 0. The van der Waals surface area contributed by atoms with E-state index in [2.05, 4.69) is 10.5 Å². The highest BCUT2D eigenvalue weighted by Crippen LogP contribution is 2.31. The van der Waals surface area contributed by atoms with Crippen molar-refractivity contribution in [3.63, 3.8) is 0 Å². The van der Waals surface area contributed by atoms with Crippen molar-refractivity contribution in [2.45, 2.75) is 32.7 Å². The lowest BCUT2D eigenvalue weighted by Gasteiger charge is -2.15. The highest BCUT2D eigenvalue weighted by atomic mass is 16.5. The number of aromatic nitrogens is 1. The molecule has 0 bridgehead atoms. The van der Waals surface area contributed by atoms with Gasteiger partial charge in [-0.1, -0.05) is 11.6 Å². The Morgan fingerprint density at radius 1 is 1.65 bits per heavy atom. The maximum atomic E-state index is 11.0. The van der Waals surface area contributed by atoms with Crippen LogP contribution in [0.1, 0.15) is 30.7 Å². The molecule has 94 valence electrons. The number of nitrogens with one attached hydrogen (secondary N) is 1. The first-order valence-corrected chi connectivity index (χ1v) is 6.02. The summed E-state index contributed by atoms with van der Waals surface area (Å²) in [5.74, 6) is 0.208. The number of hydrogen-bond acceptors (Lipinski definition) is 4. The van der Waals surface area contributed by atoms with Crippen molar-refractivity contribution in [3.8, 4) is 0 Å². The standard InChI is InChI=1S/C12H18N2O3/c1-8-5-10(14-17-8)7-13-6-9-3-2-4-11(9)12(15)16/h5,9,11,13H,2-4,6-7H2,1H3,(H,15,16). The second-order valence-corrected chi connectivity index (χ2v) is 4.70. The Morgan fingerprint density at radius 2 is 2.47 bits per heavy atom. The molecule has 0 aliphatic heterocycles. The van der Waals surface area contributed by atoms with Crippen LogP contribution in [0.25, 0.3) is 0 Å². The number of nitrogens with zero attached hydrogens (tertiary/aromatic N) is 1. The zero-order valence-corrected chi connectivity index (χ0v) is 9.98. The third-order valence-electron chi connectivity index (χ3n) is 3.37. The molecule has 1 aromatic rings. The van der Waals surface area contributed by atoms with Gasteiger partial charge in [0.25, 0.3) is 0 Å². The summed E-state index contributed by atoms with van der Waals surface area (Å²) in [5, 5.41) is 16.2. The number of carbonyl (C=O) groups is 1. The van der Waals surface area contributed by atoms with Crippen LogP contribution in [0.2, 0.25) is 0 Å². The molecular weight excluding hydrogens is 220 g/mol. The van der Waals surface area contributed by atoms with Crippen LogP contribution in [0.4, 0.5) is 0 Å². The van der Waals surface area contributed by atoms with Crippen LogP contribution in [0.5, 0.6) is 0 Å². The van der Waals surface area contributed by atoms with Crippen molar-refractivity contribution in [2.75, 3.05) is 6.54 Å². The smallest absolute Gasteiger partial charge is 0.306 e. The molecule has 0 aromatic carbocycles. The van der Waals surface area contributed by atoms with E-state index in [0.717, 1.165) is 37.3 Å². The van der Waals surface area contributed by atoms with Gasteiger partial charge in [-0.15, -0.1) is 0 Å². The molecule has 1 saturated carbocycles. The van der Waals surface area contributed by atoms with E-state index in [1.165, 1.54) is 0 Å². The second kappa shape index (κ2) is 5.31. The molecule has 1 aliphatic rings. The van der Waals surface area contributed by atoms with E-state index in [0.29, 0.717) is 6.54 Å². The van der Waals surface area contributed by atoms with Crippen LogP contribution in [-0.2, 0) is 11.3 Å². The minimum Gasteiger partial charge on any atom is -0.481 e. The number of hydrogen-bond donors (Lipinski definition) is 2. The van der Waals surface area contributed by atoms with Crippen molar-refractivity contribution in [1.82, 2.24) is 10.5 Å². The SMILES string of the molecule is Cc1cc(CNCC2CCCC2C(=O)O)no1. The van der Waals surface area contributed by atoms with Gasteiger partial charge in [0, 0.05) is 12.6 Å². The minimum atomic E-state index is -0.661. The first-order chi connectivity index (χ1) is 8.16. The van der Waals surface area contributed by atoms with Crippen molar-refractivity contribution in [1.29, 1.82) is 0 Å². The number of carboxylic acid groups (broad SMARTS) is 1. The van der Waals surface area contributed by atoms with E-state index in [9.17, 15) is 4.79 Å². The molecule has 1 aromatic heterocycles. The molecule has 2 rings (SSSR count). The summed E-state index contributed by atoms with van der Waals surface area (Å²) in [5.41, 5.74) is 0.868. The minimum absolute atomic E-state index is 0.179. The summed E-state index contributed by atoms with van der Waals surface area (Å²) in [6.45, 7) is 3.23. The zero-order chi connectivity index (χ0) is 12.3. The van der Waals surface area contributed by atoms with E-state index in [1.54, 1.807) is 0 Å². The summed E-state index contributed by atoms with van der Waals surface area (Å²) < 4.78 is 4.96. The first-order valence-electron chi connectivity index (χ1n) is 6.02. The van der Waals surface area contributed by atoms with E-state index < -0.39 is 5.97 Å². The molecule has 2 N–H and O–H groups in total. The highest BCUT2D eigenvalue weighted by Gasteiger charge is 2.32. The highest BCUT2D eigenvalue weighted by molar-refractivity contribution is 5.70. The van der Waals surface area contributed by atoms with Gasteiger partial charge in [0.2, 0.25) is 0 Å². The van der Waals surface area contributed by atoms with Gasteiger partial charge in [-0.25, -0.2) is 0 Å². The Hall–Kier alpha value is -1.36. The van der Waals surface area contributed by atoms with E-state index in [-0.39, 0.29) is 11.8 Å². The normalized spacial score (nSPS) is 24.1. The van der Waals surface area contributed by atoms with Gasteiger partial charge >= 0.3 is 5.97 Å². The Morgan fingerprint density at radius 3 is 3.12 bits per heavy atom. The Bertz CT molecular complexity index is 389. The molecule has 2 unspecified atom stereocenters. The summed E-state index contributed by atoms with van der Waals surface area (Å²) in [4.78, 5) is 11.0. The monoisotopic (exact) mass is 238 g/mol. The second-order valence-electron chi connectivity index (χ2n) is 4.70. The predicted octanol–water partition coefficient (Wildman–Crippen LogP) is 1.57. The van der Waals surface area contributed by atoms with Crippen LogP contribution < -0.4 is 5.32 Å². The van der Waals surface area contributed by atoms with Crippen molar-refractivity contribution < 1.29 is 14.4 Å². The molecule has 0 radical (unpaired) electrons. The Kier molecular flexibility index (Phi) is 3.78. The molecular formula is C12H18N2O3. The molecule has 1 fully saturated rings. The van der Waals surface area contributed by atoms with Crippen molar-refractivity contribution in [2.24, 2.45) is 11.8 Å². The fraction of sp³-hybridized carbons (Fsp3) is 0.667. The zero-order valence-electron chi connectivity index (χ0n) is 9.98. The molecule has 5 heteroatoms. The van der Waals surface area contributed by atoms with Gasteiger partial charge < -0.3 is 14.9 Å². The predicted molar refractivity (Wildman–Crippen MR) is 61.4 cm³/mol. The third-order valence-corrected chi connectivity index (χ3v) is 3.37. The first kappa shape index (κ1) is 12.1. The van der Waals surface area contributed by atoms with Crippen LogP contribution in [0.15, 0.2) is 10.6 Å². The molecule has 5 nitrogen and oxygen atoms in total. The van der Waals surface area contributed by atoms with E-state index in [4.69, 9.17) is 9.63 Å². The number of aliphatic carboxylic acids is 1. The fourth-order valence-corrected chi connectivity index (χ4v) is 2.49.